The Labute approximate surface area is 123 Å². The van der Waals surface area contributed by atoms with Crippen molar-refractivity contribution >= 4 is 5.97 Å². The van der Waals surface area contributed by atoms with Gasteiger partial charge in [-0.25, -0.2) is 4.68 Å². The van der Waals surface area contributed by atoms with Gasteiger partial charge in [0.25, 0.3) is 0 Å². The SMILES string of the molecule is COC(CC(=O)O)Cn1nnnc1CC1CC2CCC1C2. The van der Waals surface area contributed by atoms with Crippen LogP contribution in [0.25, 0.3) is 0 Å². The van der Waals surface area contributed by atoms with Gasteiger partial charge in [0.15, 0.2) is 5.82 Å². The standard InChI is InChI=1S/C14H22N4O3/c1-21-12(7-14(19)20)8-18-13(15-16-17-18)6-11-5-9-2-3-10(11)4-9/h9-12H,2-8H2,1H3,(H,19,20). The molecule has 0 saturated heterocycles. The summed E-state index contributed by atoms with van der Waals surface area (Å²) in [6, 6.07) is 0. The summed E-state index contributed by atoms with van der Waals surface area (Å²) < 4.78 is 6.92. The molecule has 7 nitrogen and oxygen atoms in total. The largest absolute Gasteiger partial charge is 0.481 e. The lowest BCUT2D eigenvalue weighted by Gasteiger charge is -2.21. The number of methoxy groups -OCH3 is 1. The summed E-state index contributed by atoms with van der Waals surface area (Å²) in [6.07, 6.45) is 5.85. The second kappa shape index (κ2) is 6.09. The molecule has 1 aromatic heterocycles. The second-order valence-corrected chi connectivity index (χ2v) is 6.37. The molecule has 21 heavy (non-hydrogen) atoms. The molecule has 1 heterocycles. The number of carboxylic acids is 1. The van der Waals surface area contributed by atoms with Crippen LogP contribution in [-0.2, 0) is 22.5 Å². The summed E-state index contributed by atoms with van der Waals surface area (Å²) in [5.74, 6) is 2.42. The van der Waals surface area contributed by atoms with Gasteiger partial charge in [0.05, 0.1) is 19.1 Å². The number of fused-ring (bicyclic) bond motifs is 2. The molecule has 2 bridgehead atoms. The van der Waals surface area contributed by atoms with E-state index in [1.807, 2.05) is 0 Å². The first-order chi connectivity index (χ1) is 10.2. The van der Waals surface area contributed by atoms with Crippen LogP contribution in [0.2, 0.25) is 0 Å². The summed E-state index contributed by atoms with van der Waals surface area (Å²) >= 11 is 0. The smallest absolute Gasteiger partial charge is 0.306 e. The zero-order chi connectivity index (χ0) is 14.8. The molecule has 2 saturated carbocycles. The van der Waals surface area contributed by atoms with Gasteiger partial charge in [0.2, 0.25) is 0 Å². The number of hydrogen-bond donors (Lipinski definition) is 1. The van der Waals surface area contributed by atoms with Gasteiger partial charge < -0.3 is 9.84 Å². The maximum Gasteiger partial charge on any atom is 0.306 e. The van der Waals surface area contributed by atoms with Gasteiger partial charge in [-0.3, -0.25) is 4.79 Å². The molecule has 1 N–H and O–H groups in total. The lowest BCUT2D eigenvalue weighted by Crippen LogP contribution is -2.25. The van der Waals surface area contributed by atoms with Crippen LogP contribution in [0.3, 0.4) is 0 Å². The maximum atomic E-state index is 10.8. The molecular weight excluding hydrogens is 272 g/mol. The predicted octanol–water partition coefficient (Wildman–Crippen LogP) is 1.14. The summed E-state index contributed by atoms with van der Waals surface area (Å²) in [5, 5.41) is 20.8. The van der Waals surface area contributed by atoms with Gasteiger partial charge in [-0.15, -0.1) is 5.10 Å². The molecule has 7 heteroatoms. The van der Waals surface area contributed by atoms with Crippen molar-refractivity contribution in [2.24, 2.45) is 17.8 Å². The summed E-state index contributed by atoms with van der Waals surface area (Å²) in [6.45, 7) is 0.395. The number of carboxylic acid groups (broad SMARTS) is 1. The Morgan fingerprint density at radius 2 is 2.33 bits per heavy atom. The van der Waals surface area contributed by atoms with Crippen molar-refractivity contribution in [3.8, 4) is 0 Å². The Kier molecular flexibility index (Phi) is 4.19. The summed E-state index contributed by atoms with van der Waals surface area (Å²) in [5.41, 5.74) is 0. The van der Waals surface area contributed by atoms with E-state index < -0.39 is 12.1 Å². The molecule has 4 atom stereocenters. The van der Waals surface area contributed by atoms with E-state index in [2.05, 4.69) is 15.5 Å². The average molecular weight is 294 g/mol. The van der Waals surface area contributed by atoms with Crippen LogP contribution in [0.4, 0.5) is 0 Å². The van der Waals surface area contributed by atoms with Crippen LogP contribution in [0.1, 0.15) is 37.9 Å². The number of tetrazole rings is 1. The Hall–Kier alpha value is -1.50. The third-order valence-electron chi connectivity index (χ3n) is 5.05. The quantitative estimate of drug-likeness (QED) is 0.811. The van der Waals surface area contributed by atoms with E-state index in [9.17, 15) is 4.79 Å². The molecule has 2 aliphatic carbocycles. The highest BCUT2D eigenvalue weighted by Gasteiger charge is 2.40. The van der Waals surface area contributed by atoms with E-state index in [4.69, 9.17) is 9.84 Å². The number of aromatic nitrogens is 4. The molecule has 0 amide bonds. The van der Waals surface area contributed by atoms with Crippen LogP contribution >= 0.6 is 0 Å². The van der Waals surface area contributed by atoms with Gasteiger partial charge in [-0.1, -0.05) is 6.42 Å². The zero-order valence-electron chi connectivity index (χ0n) is 12.3. The van der Waals surface area contributed by atoms with Crippen LogP contribution in [0.5, 0.6) is 0 Å². The third kappa shape index (κ3) is 3.23. The summed E-state index contributed by atoms with van der Waals surface area (Å²) in [4.78, 5) is 10.8. The van der Waals surface area contributed by atoms with E-state index in [1.54, 1.807) is 4.68 Å². The number of nitrogens with zero attached hydrogens (tertiary/aromatic N) is 4. The van der Waals surface area contributed by atoms with Crippen molar-refractivity contribution < 1.29 is 14.6 Å². The van der Waals surface area contributed by atoms with Crippen molar-refractivity contribution in [1.82, 2.24) is 20.2 Å². The van der Waals surface area contributed by atoms with Gasteiger partial charge in [-0.2, -0.15) is 0 Å². The molecular formula is C14H22N4O3. The minimum absolute atomic E-state index is 0.0378. The van der Waals surface area contributed by atoms with E-state index in [0.717, 1.165) is 24.1 Å². The second-order valence-electron chi connectivity index (χ2n) is 6.37. The Bertz CT molecular complexity index is 504. The fraction of sp³-hybridized carbons (Fsp3) is 0.857. The van der Waals surface area contributed by atoms with E-state index >= 15 is 0 Å². The van der Waals surface area contributed by atoms with Crippen LogP contribution in [-0.4, -0.2) is 44.5 Å². The lowest BCUT2D eigenvalue weighted by molar-refractivity contribution is -0.140. The Morgan fingerprint density at radius 3 is 2.95 bits per heavy atom. The van der Waals surface area contributed by atoms with E-state index in [0.29, 0.717) is 12.5 Å². The van der Waals surface area contributed by atoms with Crippen LogP contribution in [0, 0.1) is 17.8 Å². The highest BCUT2D eigenvalue weighted by atomic mass is 16.5. The van der Waals surface area contributed by atoms with Crippen LogP contribution in [0.15, 0.2) is 0 Å². The Morgan fingerprint density at radius 1 is 1.48 bits per heavy atom. The Balaban J connectivity index is 1.62. The van der Waals surface area contributed by atoms with Gasteiger partial charge in [0, 0.05) is 13.5 Å². The van der Waals surface area contributed by atoms with Crippen molar-refractivity contribution in [2.75, 3.05) is 7.11 Å². The van der Waals surface area contributed by atoms with E-state index in [1.165, 1.54) is 32.8 Å². The number of rotatable bonds is 7. The van der Waals surface area contributed by atoms with Crippen molar-refractivity contribution in [1.29, 1.82) is 0 Å². The molecule has 0 aromatic carbocycles. The topological polar surface area (TPSA) is 90.1 Å². The predicted molar refractivity (Wildman–Crippen MR) is 73.5 cm³/mol. The van der Waals surface area contributed by atoms with Gasteiger partial charge >= 0.3 is 5.97 Å². The van der Waals surface area contributed by atoms with E-state index in [-0.39, 0.29) is 6.42 Å². The van der Waals surface area contributed by atoms with Gasteiger partial charge in [-0.05, 0) is 47.4 Å². The molecule has 2 aliphatic rings. The highest BCUT2D eigenvalue weighted by molar-refractivity contribution is 5.67. The molecule has 116 valence electrons. The number of aliphatic carboxylic acids is 1. The van der Waals surface area contributed by atoms with Crippen molar-refractivity contribution in [2.45, 2.75) is 51.2 Å². The first kappa shape index (κ1) is 14.4. The third-order valence-corrected chi connectivity index (χ3v) is 5.05. The minimum Gasteiger partial charge on any atom is -0.481 e. The molecule has 4 unspecified atom stereocenters. The monoisotopic (exact) mass is 294 g/mol. The number of carbonyl (C=O) groups is 1. The fourth-order valence-electron chi connectivity index (χ4n) is 3.98. The molecule has 0 radical (unpaired) electrons. The molecule has 3 rings (SSSR count). The molecule has 1 aromatic rings. The minimum atomic E-state index is -0.871. The normalized spacial score (nSPS) is 28.9. The molecule has 0 spiro atoms. The van der Waals surface area contributed by atoms with Crippen molar-refractivity contribution in [3.05, 3.63) is 5.82 Å². The fourth-order valence-corrected chi connectivity index (χ4v) is 3.98. The molecule has 2 fully saturated rings. The van der Waals surface area contributed by atoms with Gasteiger partial charge in [0.1, 0.15) is 0 Å². The van der Waals surface area contributed by atoms with Crippen molar-refractivity contribution in [3.63, 3.8) is 0 Å². The zero-order valence-corrected chi connectivity index (χ0v) is 12.3. The maximum absolute atomic E-state index is 10.8. The number of hydrogen-bond acceptors (Lipinski definition) is 5. The first-order valence-electron chi connectivity index (χ1n) is 7.65. The average Bonchev–Trinajstić information content (AvgIpc) is 3.15. The lowest BCUT2D eigenvalue weighted by atomic mass is 9.86. The van der Waals surface area contributed by atoms with Crippen LogP contribution < -0.4 is 0 Å². The summed E-state index contributed by atoms with van der Waals surface area (Å²) in [7, 11) is 1.52. The number of ether oxygens (including phenoxy) is 1. The highest BCUT2D eigenvalue weighted by Crippen LogP contribution is 2.49. The first-order valence-corrected chi connectivity index (χ1v) is 7.65. The molecule has 0 aliphatic heterocycles.